The first kappa shape index (κ1) is 14.7. The first-order valence-electron chi connectivity index (χ1n) is 6.42. The predicted molar refractivity (Wildman–Crippen MR) is 74.8 cm³/mol. The zero-order chi connectivity index (χ0) is 15.1. The topological polar surface area (TPSA) is 114 Å². The van der Waals surface area contributed by atoms with Gasteiger partial charge in [-0.15, -0.1) is 11.8 Å². The molecule has 0 bridgehead atoms. The molecule has 1 aliphatic heterocycles. The Morgan fingerprint density at radius 3 is 2.71 bits per heavy atom. The Morgan fingerprint density at radius 1 is 1.33 bits per heavy atom. The summed E-state index contributed by atoms with van der Waals surface area (Å²) < 4.78 is 7.15. The quantitative estimate of drug-likeness (QED) is 0.500. The number of thioether (sulfide) groups is 1. The molecule has 21 heavy (non-hydrogen) atoms. The average Bonchev–Trinajstić information content (AvgIpc) is 2.98. The molecule has 0 amide bonds. The summed E-state index contributed by atoms with van der Waals surface area (Å²) in [6.45, 7) is -0.370. The molecule has 0 aliphatic carbocycles. The van der Waals surface area contributed by atoms with Gasteiger partial charge in [0, 0.05) is 7.05 Å². The molecule has 0 radical (unpaired) electrons. The summed E-state index contributed by atoms with van der Waals surface area (Å²) >= 11 is 1.47. The molecule has 3 N–H and O–H groups in total. The molecule has 1 aliphatic rings. The van der Waals surface area contributed by atoms with E-state index in [0.717, 1.165) is 10.5 Å². The van der Waals surface area contributed by atoms with Crippen LogP contribution in [0.25, 0.3) is 11.0 Å². The summed E-state index contributed by atoms with van der Waals surface area (Å²) in [6.07, 6.45) is -0.636. The second-order valence-corrected chi connectivity index (χ2v) is 5.64. The van der Waals surface area contributed by atoms with Gasteiger partial charge in [-0.05, 0) is 6.26 Å². The zero-order valence-electron chi connectivity index (χ0n) is 11.5. The minimum Gasteiger partial charge on any atom is -0.394 e. The normalized spacial score (nSPS) is 29.4. The third kappa shape index (κ3) is 2.21. The minimum atomic E-state index is -1.16. The van der Waals surface area contributed by atoms with Gasteiger partial charge in [0.25, 0.3) is 0 Å². The van der Waals surface area contributed by atoms with E-state index in [0.29, 0.717) is 11.2 Å². The van der Waals surface area contributed by atoms with Gasteiger partial charge in [0.15, 0.2) is 0 Å². The van der Waals surface area contributed by atoms with Crippen molar-refractivity contribution in [2.24, 2.45) is 7.05 Å². The van der Waals surface area contributed by atoms with Gasteiger partial charge in [-0.3, -0.25) is 4.68 Å². The third-order valence-electron chi connectivity index (χ3n) is 3.62. The van der Waals surface area contributed by atoms with Gasteiger partial charge in [0.2, 0.25) is 0 Å². The Kier molecular flexibility index (Phi) is 3.84. The van der Waals surface area contributed by atoms with E-state index < -0.39 is 24.4 Å². The van der Waals surface area contributed by atoms with Crippen LogP contribution in [0.1, 0.15) is 11.8 Å². The molecule has 1 saturated heterocycles. The number of aryl methyl sites for hydroxylation is 1. The maximum absolute atomic E-state index is 10.1. The van der Waals surface area contributed by atoms with Gasteiger partial charge >= 0.3 is 0 Å². The molecular weight excluding hydrogens is 296 g/mol. The molecule has 0 spiro atoms. The standard InChI is InChI=1S/C12H16N4O4S/c1-16-8-6(13-4-14-12(8)21-2)7(15-16)11-10(19)9(18)5(3-17)20-11/h4-5,9-11,17-19H,3H2,1-2H3/t5-,9-,10-,11+/m1/s1. The Hall–Kier alpha value is -1.26. The van der Waals surface area contributed by atoms with E-state index in [1.165, 1.54) is 18.1 Å². The van der Waals surface area contributed by atoms with E-state index >= 15 is 0 Å². The number of aromatic nitrogens is 4. The Labute approximate surface area is 124 Å². The first-order valence-corrected chi connectivity index (χ1v) is 7.65. The van der Waals surface area contributed by atoms with E-state index in [1.54, 1.807) is 11.7 Å². The molecule has 2 aromatic rings. The highest BCUT2D eigenvalue weighted by atomic mass is 32.2. The van der Waals surface area contributed by atoms with E-state index in [1.807, 2.05) is 6.26 Å². The van der Waals surface area contributed by atoms with Crippen molar-refractivity contribution in [2.75, 3.05) is 12.9 Å². The van der Waals surface area contributed by atoms with E-state index in [-0.39, 0.29) is 6.61 Å². The lowest BCUT2D eigenvalue weighted by Crippen LogP contribution is -2.32. The van der Waals surface area contributed by atoms with Crippen LogP contribution in [-0.2, 0) is 11.8 Å². The van der Waals surface area contributed by atoms with E-state index in [9.17, 15) is 10.2 Å². The van der Waals surface area contributed by atoms with Crippen LogP contribution >= 0.6 is 11.8 Å². The number of hydrogen-bond acceptors (Lipinski definition) is 8. The van der Waals surface area contributed by atoms with Crippen molar-refractivity contribution >= 4 is 22.8 Å². The van der Waals surface area contributed by atoms with Crippen LogP contribution in [0.5, 0.6) is 0 Å². The van der Waals surface area contributed by atoms with Crippen LogP contribution in [0.4, 0.5) is 0 Å². The van der Waals surface area contributed by atoms with Crippen LogP contribution in [0, 0.1) is 0 Å². The average molecular weight is 312 g/mol. The summed E-state index contributed by atoms with van der Waals surface area (Å²) in [5.74, 6) is 0. The maximum atomic E-state index is 10.1. The lowest BCUT2D eigenvalue weighted by atomic mass is 10.1. The molecule has 0 aromatic carbocycles. The highest BCUT2D eigenvalue weighted by molar-refractivity contribution is 7.98. The van der Waals surface area contributed by atoms with Crippen LogP contribution in [0.15, 0.2) is 11.4 Å². The number of aliphatic hydroxyl groups is 3. The molecule has 0 saturated carbocycles. The van der Waals surface area contributed by atoms with E-state index in [4.69, 9.17) is 9.84 Å². The van der Waals surface area contributed by atoms with Gasteiger partial charge in [0.1, 0.15) is 52.5 Å². The summed E-state index contributed by atoms with van der Waals surface area (Å²) in [5.41, 5.74) is 1.76. The molecule has 1 fully saturated rings. The molecular formula is C12H16N4O4S. The number of ether oxygens (including phenoxy) is 1. The van der Waals surface area contributed by atoms with Crippen LogP contribution in [0.3, 0.4) is 0 Å². The van der Waals surface area contributed by atoms with Gasteiger partial charge < -0.3 is 20.1 Å². The van der Waals surface area contributed by atoms with Gasteiger partial charge in [0.05, 0.1) is 6.61 Å². The SMILES string of the molecule is CSc1ncnc2c([C@@H]3O[C@H](CO)[C@@H](O)[C@H]3O)nn(C)c12. The van der Waals surface area contributed by atoms with Crippen molar-refractivity contribution in [3.05, 3.63) is 12.0 Å². The van der Waals surface area contributed by atoms with Crippen LogP contribution in [0.2, 0.25) is 0 Å². The maximum Gasteiger partial charge on any atom is 0.133 e. The van der Waals surface area contributed by atoms with Crippen molar-refractivity contribution in [3.8, 4) is 0 Å². The Bertz CT molecular complexity index is 664. The summed E-state index contributed by atoms with van der Waals surface area (Å²) in [4.78, 5) is 8.41. The summed E-state index contributed by atoms with van der Waals surface area (Å²) in [6, 6.07) is 0. The van der Waals surface area contributed by atoms with Crippen LogP contribution in [-0.4, -0.2) is 66.2 Å². The van der Waals surface area contributed by atoms with Crippen molar-refractivity contribution in [1.82, 2.24) is 19.7 Å². The van der Waals surface area contributed by atoms with Crippen molar-refractivity contribution in [1.29, 1.82) is 0 Å². The Morgan fingerprint density at radius 2 is 2.10 bits per heavy atom. The number of aliphatic hydroxyl groups excluding tert-OH is 3. The summed E-state index contributed by atoms with van der Waals surface area (Å²) in [5, 5.41) is 34.3. The third-order valence-corrected chi connectivity index (χ3v) is 4.30. The number of hydrogen-bond donors (Lipinski definition) is 3. The van der Waals surface area contributed by atoms with Gasteiger partial charge in [-0.2, -0.15) is 5.10 Å². The molecule has 0 unspecified atom stereocenters. The molecule has 8 nitrogen and oxygen atoms in total. The number of nitrogens with zero attached hydrogens (tertiary/aromatic N) is 4. The van der Waals surface area contributed by atoms with Crippen LogP contribution < -0.4 is 0 Å². The smallest absolute Gasteiger partial charge is 0.133 e. The first-order chi connectivity index (χ1) is 10.1. The van der Waals surface area contributed by atoms with Gasteiger partial charge in [-0.25, -0.2) is 9.97 Å². The zero-order valence-corrected chi connectivity index (χ0v) is 12.4. The van der Waals surface area contributed by atoms with Crippen molar-refractivity contribution in [2.45, 2.75) is 29.4 Å². The molecule has 4 atom stereocenters. The Balaban J connectivity index is 2.10. The monoisotopic (exact) mass is 312 g/mol. The van der Waals surface area contributed by atoms with E-state index in [2.05, 4.69) is 15.1 Å². The fourth-order valence-corrected chi connectivity index (χ4v) is 3.14. The molecule has 9 heteroatoms. The molecule has 3 rings (SSSR count). The number of fused-ring (bicyclic) bond motifs is 1. The molecule has 3 heterocycles. The summed E-state index contributed by atoms with van der Waals surface area (Å²) in [7, 11) is 1.76. The van der Waals surface area contributed by atoms with Gasteiger partial charge in [-0.1, -0.05) is 0 Å². The van der Waals surface area contributed by atoms with Crippen molar-refractivity contribution in [3.63, 3.8) is 0 Å². The second kappa shape index (κ2) is 5.50. The lowest BCUT2D eigenvalue weighted by Gasteiger charge is -2.12. The predicted octanol–water partition coefficient (Wildman–Crippen LogP) is -0.761. The largest absolute Gasteiger partial charge is 0.394 e. The second-order valence-electron chi connectivity index (χ2n) is 4.85. The fourth-order valence-electron chi connectivity index (χ4n) is 2.57. The highest BCUT2D eigenvalue weighted by Crippen LogP contribution is 2.36. The molecule has 114 valence electrons. The highest BCUT2D eigenvalue weighted by Gasteiger charge is 2.45. The fraction of sp³-hybridized carbons (Fsp3) is 0.583. The minimum absolute atomic E-state index is 0.370. The molecule has 2 aromatic heterocycles. The number of rotatable bonds is 3. The lowest BCUT2D eigenvalue weighted by molar-refractivity contribution is -0.0237. The van der Waals surface area contributed by atoms with Crippen molar-refractivity contribution < 1.29 is 20.1 Å².